The summed E-state index contributed by atoms with van der Waals surface area (Å²) < 4.78 is 13.3. The monoisotopic (exact) mass is 389 g/mol. The SMILES string of the molecule is COC(=O)c1cn(-c2ccccc2OC)cc2c(=O)n(-c3cccc(C)c3)nc1-2. The second-order valence-corrected chi connectivity index (χ2v) is 6.56. The lowest BCUT2D eigenvalue weighted by molar-refractivity contribution is 0.0600. The Labute approximate surface area is 167 Å². The number of benzene rings is 2. The van der Waals surface area contributed by atoms with Gasteiger partial charge in [-0.05, 0) is 36.8 Å². The molecule has 2 heterocycles. The van der Waals surface area contributed by atoms with Crippen LogP contribution >= 0.6 is 0 Å². The Balaban J connectivity index is 2.02. The molecule has 146 valence electrons. The molecular weight excluding hydrogens is 370 g/mol. The molecule has 0 bridgehead atoms. The predicted molar refractivity (Wildman–Crippen MR) is 108 cm³/mol. The van der Waals surface area contributed by atoms with Gasteiger partial charge in [-0.1, -0.05) is 24.3 Å². The van der Waals surface area contributed by atoms with E-state index in [0.717, 1.165) is 5.56 Å². The summed E-state index contributed by atoms with van der Waals surface area (Å²) in [6, 6.07) is 14.8. The van der Waals surface area contributed by atoms with Crippen LogP contribution in [0.2, 0.25) is 0 Å². The molecule has 0 aliphatic carbocycles. The van der Waals surface area contributed by atoms with Gasteiger partial charge in [-0.25, -0.2) is 4.79 Å². The van der Waals surface area contributed by atoms with Crippen LogP contribution in [0.1, 0.15) is 15.9 Å². The average molecular weight is 389 g/mol. The minimum atomic E-state index is -0.576. The molecule has 0 N–H and O–H groups in total. The summed E-state index contributed by atoms with van der Waals surface area (Å²) in [5, 5.41) is 4.43. The fraction of sp³-hybridized carbons (Fsp3) is 0.136. The van der Waals surface area contributed by atoms with Crippen molar-refractivity contribution in [3.8, 4) is 28.4 Å². The van der Waals surface area contributed by atoms with E-state index in [1.54, 1.807) is 36.2 Å². The number of esters is 1. The predicted octanol–water partition coefficient (Wildman–Crippen LogP) is 3.23. The Bertz CT molecular complexity index is 1240. The molecule has 7 nitrogen and oxygen atoms in total. The Morgan fingerprint density at radius 1 is 1.03 bits per heavy atom. The zero-order chi connectivity index (χ0) is 20.5. The minimum absolute atomic E-state index is 0.194. The number of methoxy groups -OCH3 is 2. The number of aryl methyl sites for hydroxylation is 1. The fourth-order valence-corrected chi connectivity index (χ4v) is 3.28. The van der Waals surface area contributed by atoms with Crippen LogP contribution < -0.4 is 10.3 Å². The molecule has 0 fully saturated rings. The highest BCUT2D eigenvalue weighted by atomic mass is 16.5. The van der Waals surface area contributed by atoms with E-state index in [1.165, 1.54) is 11.8 Å². The van der Waals surface area contributed by atoms with Crippen LogP contribution in [0, 0.1) is 6.92 Å². The van der Waals surface area contributed by atoms with E-state index in [4.69, 9.17) is 9.47 Å². The normalized spacial score (nSPS) is 10.9. The third kappa shape index (κ3) is 3.16. The van der Waals surface area contributed by atoms with Gasteiger partial charge in [-0.3, -0.25) is 4.79 Å². The molecule has 2 aliphatic rings. The lowest BCUT2D eigenvalue weighted by Crippen LogP contribution is -2.15. The zero-order valence-corrected chi connectivity index (χ0v) is 16.2. The molecule has 0 spiro atoms. The molecule has 0 saturated carbocycles. The Hall–Kier alpha value is -3.87. The van der Waals surface area contributed by atoms with Gasteiger partial charge in [0.2, 0.25) is 0 Å². The second kappa shape index (κ2) is 7.27. The number of pyridine rings is 1. The summed E-state index contributed by atoms with van der Waals surface area (Å²) in [5.41, 5.74) is 2.78. The summed E-state index contributed by atoms with van der Waals surface area (Å²) in [7, 11) is 2.86. The van der Waals surface area contributed by atoms with Crippen LogP contribution in [0.15, 0.2) is 65.7 Å². The van der Waals surface area contributed by atoms with Gasteiger partial charge in [-0.15, -0.1) is 0 Å². The van der Waals surface area contributed by atoms with Gasteiger partial charge in [-0.2, -0.15) is 9.78 Å². The van der Waals surface area contributed by atoms with Crippen molar-refractivity contribution >= 4 is 5.97 Å². The van der Waals surface area contributed by atoms with E-state index in [2.05, 4.69) is 5.10 Å². The Kier molecular flexibility index (Phi) is 4.64. The standard InChI is InChI=1S/C22H19N3O4/c1-14-7-6-8-15(11-14)25-21(26)16-12-24(18-9-4-5-10-19(18)28-2)13-17(20(16)23-25)22(27)29-3/h4-13H,1-3H3. The Morgan fingerprint density at radius 3 is 2.55 bits per heavy atom. The number of nitrogens with zero attached hydrogens (tertiary/aromatic N) is 3. The van der Waals surface area contributed by atoms with Crippen molar-refractivity contribution in [2.75, 3.05) is 14.2 Å². The van der Waals surface area contributed by atoms with Crippen LogP contribution in [-0.2, 0) is 4.74 Å². The second-order valence-electron chi connectivity index (χ2n) is 6.56. The largest absolute Gasteiger partial charge is 0.495 e. The molecule has 2 aromatic rings. The zero-order valence-electron chi connectivity index (χ0n) is 16.2. The maximum atomic E-state index is 13.1. The van der Waals surface area contributed by atoms with Crippen molar-refractivity contribution in [3.05, 3.63) is 82.4 Å². The molecule has 4 rings (SSSR count). The highest BCUT2D eigenvalue weighted by Crippen LogP contribution is 2.28. The first-order chi connectivity index (χ1) is 14.0. The third-order valence-electron chi connectivity index (χ3n) is 4.68. The van der Waals surface area contributed by atoms with Crippen LogP contribution in [0.25, 0.3) is 22.6 Å². The van der Waals surface area contributed by atoms with Gasteiger partial charge in [0.1, 0.15) is 17.0 Å². The number of hydrogen-bond donors (Lipinski definition) is 0. The molecule has 7 heteroatoms. The van der Waals surface area contributed by atoms with E-state index in [-0.39, 0.29) is 16.8 Å². The maximum Gasteiger partial charge on any atom is 0.341 e. The number of para-hydroxylation sites is 2. The van der Waals surface area contributed by atoms with Gasteiger partial charge < -0.3 is 14.0 Å². The summed E-state index contributed by atoms with van der Waals surface area (Å²) in [4.78, 5) is 25.6. The average Bonchev–Trinajstić information content (AvgIpc) is 3.09. The van der Waals surface area contributed by atoms with E-state index < -0.39 is 5.97 Å². The van der Waals surface area contributed by atoms with Crippen molar-refractivity contribution in [2.45, 2.75) is 6.92 Å². The molecule has 0 saturated heterocycles. The van der Waals surface area contributed by atoms with Crippen LogP contribution in [0.5, 0.6) is 5.75 Å². The lowest BCUT2D eigenvalue weighted by atomic mass is 10.1. The van der Waals surface area contributed by atoms with Gasteiger partial charge >= 0.3 is 5.97 Å². The first kappa shape index (κ1) is 18.5. The molecule has 0 amide bonds. The van der Waals surface area contributed by atoms with Crippen LogP contribution in [-0.4, -0.2) is 34.5 Å². The van der Waals surface area contributed by atoms with Gasteiger partial charge in [0.05, 0.1) is 31.2 Å². The Morgan fingerprint density at radius 2 is 1.83 bits per heavy atom. The van der Waals surface area contributed by atoms with Crippen molar-refractivity contribution < 1.29 is 14.3 Å². The van der Waals surface area contributed by atoms with Crippen molar-refractivity contribution in [2.24, 2.45) is 0 Å². The van der Waals surface area contributed by atoms with Gasteiger partial charge in [0.25, 0.3) is 5.56 Å². The number of fused-ring (bicyclic) bond motifs is 1. The number of rotatable bonds is 4. The van der Waals surface area contributed by atoms with Crippen LogP contribution in [0.4, 0.5) is 0 Å². The maximum absolute atomic E-state index is 13.1. The van der Waals surface area contributed by atoms with Crippen LogP contribution in [0.3, 0.4) is 0 Å². The van der Waals surface area contributed by atoms with Crippen molar-refractivity contribution in [3.63, 3.8) is 0 Å². The fourth-order valence-electron chi connectivity index (χ4n) is 3.28. The van der Waals surface area contributed by atoms with E-state index in [1.807, 2.05) is 43.3 Å². The topological polar surface area (TPSA) is 75.3 Å². The van der Waals surface area contributed by atoms with Crippen molar-refractivity contribution in [1.29, 1.82) is 0 Å². The highest BCUT2D eigenvalue weighted by molar-refractivity contribution is 5.96. The first-order valence-corrected chi connectivity index (χ1v) is 8.97. The molecular formula is C22H19N3O4. The lowest BCUT2D eigenvalue weighted by Gasteiger charge is -2.14. The molecule has 0 aromatic heterocycles. The number of aromatic nitrogens is 3. The molecule has 2 aromatic carbocycles. The minimum Gasteiger partial charge on any atom is -0.495 e. The van der Waals surface area contributed by atoms with Crippen molar-refractivity contribution in [1.82, 2.24) is 14.3 Å². The van der Waals surface area contributed by atoms with E-state index >= 15 is 0 Å². The quantitative estimate of drug-likeness (QED) is 0.501. The molecule has 0 unspecified atom stereocenters. The third-order valence-corrected chi connectivity index (χ3v) is 4.68. The van der Waals surface area contributed by atoms with E-state index in [0.29, 0.717) is 22.7 Å². The number of carbonyl (C=O) groups is 1. The van der Waals surface area contributed by atoms with E-state index in [9.17, 15) is 9.59 Å². The summed E-state index contributed by atoms with van der Waals surface area (Å²) in [6.07, 6.45) is 3.25. The molecule has 0 radical (unpaired) electrons. The summed E-state index contributed by atoms with van der Waals surface area (Å²) in [6.45, 7) is 1.94. The summed E-state index contributed by atoms with van der Waals surface area (Å²) >= 11 is 0. The highest BCUT2D eigenvalue weighted by Gasteiger charge is 2.25. The first-order valence-electron chi connectivity index (χ1n) is 8.97. The molecule has 0 atom stereocenters. The number of carbonyl (C=O) groups excluding carboxylic acids is 1. The number of hydrogen-bond acceptors (Lipinski definition) is 5. The smallest absolute Gasteiger partial charge is 0.341 e. The molecule has 29 heavy (non-hydrogen) atoms. The van der Waals surface area contributed by atoms with Gasteiger partial charge in [0, 0.05) is 12.4 Å². The number of ether oxygens (including phenoxy) is 2. The molecule has 2 aliphatic heterocycles. The summed E-state index contributed by atoms with van der Waals surface area (Å²) in [5.74, 6) is 0.0272. The van der Waals surface area contributed by atoms with Gasteiger partial charge in [0.15, 0.2) is 0 Å².